The van der Waals surface area contributed by atoms with E-state index in [9.17, 15) is 22.5 Å². The normalized spacial score (nSPS) is 14.8. The molecule has 6 nitrogen and oxygen atoms in total. The van der Waals surface area contributed by atoms with Crippen LogP contribution in [0.1, 0.15) is 6.42 Å². The molecule has 1 aromatic carbocycles. The minimum absolute atomic E-state index is 0.0288. The number of hydrogen-bond acceptors (Lipinski definition) is 5. The summed E-state index contributed by atoms with van der Waals surface area (Å²) in [6.45, 7) is 0. The van der Waals surface area contributed by atoms with E-state index in [0.717, 1.165) is 0 Å². The van der Waals surface area contributed by atoms with Crippen molar-refractivity contribution in [1.29, 1.82) is 0 Å². The number of rotatable bonds is 7. The first-order chi connectivity index (χ1) is 8.83. The van der Waals surface area contributed by atoms with Gasteiger partial charge in [0.15, 0.2) is 0 Å². The smallest absolute Gasteiger partial charge is 0.241 e. The van der Waals surface area contributed by atoms with Crippen LogP contribution in [0, 0.1) is 0 Å². The molecule has 0 spiro atoms. The van der Waals surface area contributed by atoms with Gasteiger partial charge < -0.3 is 9.90 Å². The molecule has 106 valence electrons. The molecule has 0 aliphatic rings. The van der Waals surface area contributed by atoms with Gasteiger partial charge in [0.05, 0.1) is 16.9 Å². The van der Waals surface area contributed by atoms with Gasteiger partial charge in [0, 0.05) is 22.8 Å². The Labute approximate surface area is 114 Å². The van der Waals surface area contributed by atoms with Gasteiger partial charge in [-0.05, 0) is 18.6 Å². The molecule has 2 atom stereocenters. The zero-order valence-corrected chi connectivity index (χ0v) is 11.9. The first kappa shape index (κ1) is 15.8. The molecule has 1 aromatic rings. The molecule has 0 aliphatic carbocycles. The first-order valence-corrected chi connectivity index (χ1v) is 8.62. The Kier molecular flexibility index (Phi) is 5.64. The van der Waals surface area contributed by atoms with Gasteiger partial charge in [0.1, 0.15) is 0 Å². The maximum absolute atomic E-state index is 11.9. The average Bonchev–Trinajstić information content (AvgIpc) is 2.35. The summed E-state index contributed by atoms with van der Waals surface area (Å²) in [5.41, 5.74) is 0. The van der Waals surface area contributed by atoms with Crippen molar-refractivity contribution < 1.29 is 22.5 Å². The number of carboxylic acids is 1. The third-order valence-electron chi connectivity index (χ3n) is 2.33. The predicted octanol–water partition coefficient (Wildman–Crippen LogP) is -1.15. The number of carbonyl (C=O) groups is 1. The number of carboxylic acid groups (broad SMARTS) is 1. The number of carbonyl (C=O) groups excluding carboxylic acids is 1. The average molecular weight is 304 g/mol. The van der Waals surface area contributed by atoms with E-state index in [0.29, 0.717) is 0 Å². The Bertz CT molecular complexity index is 556. The molecule has 0 saturated heterocycles. The molecule has 0 aromatic heterocycles. The minimum atomic E-state index is -3.92. The summed E-state index contributed by atoms with van der Waals surface area (Å²) in [5.74, 6) is -1.46. The molecular weight excluding hydrogens is 290 g/mol. The van der Waals surface area contributed by atoms with E-state index >= 15 is 0 Å². The zero-order chi connectivity index (χ0) is 14.5. The summed E-state index contributed by atoms with van der Waals surface area (Å²) >= 11 is 0. The van der Waals surface area contributed by atoms with Crippen LogP contribution >= 0.6 is 0 Å². The van der Waals surface area contributed by atoms with Crippen molar-refractivity contribution in [3.63, 3.8) is 0 Å². The predicted molar refractivity (Wildman–Crippen MR) is 69.1 cm³/mol. The molecule has 0 fully saturated rings. The van der Waals surface area contributed by atoms with Gasteiger partial charge >= 0.3 is 0 Å². The summed E-state index contributed by atoms with van der Waals surface area (Å²) in [6, 6.07) is 6.02. The minimum Gasteiger partial charge on any atom is -0.548 e. The van der Waals surface area contributed by atoms with E-state index in [1.807, 2.05) is 4.72 Å². The van der Waals surface area contributed by atoms with Gasteiger partial charge in [-0.15, -0.1) is 0 Å². The lowest BCUT2D eigenvalue weighted by Gasteiger charge is -2.19. The van der Waals surface area contributed by atoms with Crippen LogP contribution in [-0.4, -0.2) is 36.6 Å². The zero-order valence-electron chi connectivity index (χ0n) is 10.2. The van der Waals surface area contributed by atoms with Crippen LogP contribution in [0.25, 0.3) is 0 Å². The van der Waals surface area contributed by atoms with E-state index in [4.69, 9.17) is 0 Å². The van der Waals surface area contributed by atoms with E-state index < -0.39 is 32.8 Å². The maximum atomic E-state index is 11.9. The number of benzene rings is 1. The molecule has 1 N–H and O–H groups in total. The highest BCUT2D eigenvalue weighted by Crippen LogP contribution is 2.09. The lowest BCUT2D eigenvalue weighted by molar-refractivity contribution is -0.308. The first-order valence-electron chi connectivity index (χ1n) is 5.41. The summed E-state index contributed by atoms with van der Waals surface area (Å²) in [6.07, 6.45) is 1.33. The van der Waals surface area contributed by atoms with Crippen LogP contribution in [0.2, 0.25) is 0 Å². The van der Waals surface area contributed by atoms with Crippen LogP contribution in [0.15, 0.2) is 35.2 Å². The number of sulfonamides is 1. The molecule has 0 bridgehead atoms. The van der Waals surface area contributed by atoms with E-state index in [2.05, 4.69) is 0 Å². The molecule has 8 heteroatoms. The quantitative estimate of drug-likeness (QED) is 0.685. The summed E-state index contributed by atoms with van der Waals surface area (Å²) in [5, 5.41) is 10.9. The second-order valence-corrected chi connectivity index (χ2v) is 7.14. The molecular formula is C11H14NO5S2-. The van der Waals surface area contributed by atoms with Crippen molar-refractivity contribution in [3.05, 3.63) is 30.3 Å². The Morgan fingerprint density at radius 2 is 1.95 bits per heavy atom. The fourth-order valence-corrected chi connectivity index (χ4v) is 3.17. The van der Waals surface area contributed by atoms with E-state index in [1.54, 1.807) is 6.07 Å². The topological polar surface area (TPSA) is 103 Å². The van der Waals surface area contributed by atoms with Gasteiger partial charge in [0.25, 0.3) is 0 Å². The van der Waals surface area contributed by atoms with Gasteiger partial charge in [-0.1, -0.05) is 18.2 Å². The highest BCUT2D eigenvalue weighted by atomic mass is 32.2. The standard InChI is InChI=1S/C11H15NO5S2/c1-18(15)8-7-10(11(13)14)12-19(16,17)9-5-3-2-4-6-9/h2-6,10,12H,7-8H2,1H3,(H,13,14)/p-1/t10-,18+/m1/s1. The van der Waals surface area contributed by atoms with Crippen molar-refractivity contribution in [3.8, 4) is 0 Å². The van der Waals surface area contributed by atoms with Gasteiger partial charge in [0.2, 0.25) is 10.0 Å². The van der Waals surface area contributed by atoms with Crippen molar-refractivity contribution >= 4 is 26.8 Å². The molecule has 0 amide bonds. The highest BCUT2D eigenvalue weighted by Gasteiger charge is 2.20. The monoisotopic (exact) mass is 304 g/mol. The van der Waals surface area contributed by atoms with E-state index in [-0.39, 0.29) is 17.1 Å². The highest BCUT2D eigenvalue weighted by molar-refractivity contribution is 7.89. The molecule has 0 unspecified atom stereocenters. The van der Waals surface area contributed by atoms with Gasteiger partial charge in [-0.3, -0.25) is 4.21 Å². The van der Waals surface area contributed by atoms with Crippen molar-refractivity contribution in [2.24, 2.45) is 0 Å². The second kappa shape index (κ2) is 6.78. The summed E-state index contributed by atoms with van der Waals surface area (Å²) in [7, 11) is -5.12. The van der Waals surface area contributed by atoms with Gasteiger partial charge in [-0.25, -0.2) is 13.1 Å². The van der Waals surface area contributed by atoms with Crippen LogP contribution in [0.4, 0.5) is 0 Å². The lowest BCUT2D eigenvalue weighted by Crippen LogP contribution is -2.48. The number of nitrogens with one attached hydrogen (secondary N) is 1. The molecule has 1 rings (SSSR count). The molecule has 19 heavy (non-hydrogen) atoms. The molecule has 0 saturated carbocycles. The number of aliphatic carboxylic acids is 1. The largest absolute Gasteiger partial charge is 0.548 e. The van der Waals surface area contributed by atoms with Crippen LogP contribution in [0.5, 0.6) is 0 Å². The molecule has 0 heterocycles. The summed E-state index contributed by atoms with van der Waals surface area (Å²) in [4.78, 5) is 10.9. The fraction of sp³-hybridized carbons (Fsp3) is 0.364. The van der Waals surface area contributed by atoms with Crippen LogP contribution in [0.3, 0.4) is 0 Å². The third kappa shape index (κ3) is 5.09. The Hall–Kier alpha value is -1.25. The lowest BCUT2D eigenvalue weighted by atomic mass is 10.2. The Morgan fingerprint density at radius 1 is 1.37 bits per heavy atom. The van der Waals surface area contributed by atoms with Crippen molar-refractivity contribution in [1.82, 2.24) is 4.72 Å². The SMILES string of the molecule is C[S@](=O)CC[C@@H](NS(=O)(=O)c1ccccc1)C(=O)[O-]. The maximum Gasteiger partial charge on any atom is 0.241 e. The van der Waals surface area contributed by atoms with E-state index in [1.165, 1.54) is 30.5 Å². The number of hydrogen-bond donors (Lipinski definition) is 1. The van der Waals surface area contributed by atoms with Crippen molar-refractivity contribution in [2.75, 3.05) is 12.0 Å². The Morgan fingerprint density at radius 3 is 2.42 bits per heavy atom. The van der Waals surface area contributed by atoms with Gasteiger partial charge in [-0.2, -0.15) is 0 Å². The molecule has 0 aliphatic heterocycles. The van der Waals surface area contributed by atoms with Crippen LogP contribution in [-0.2, 0) is 25.6 Å². The summed E-state index contributed by atoms with van der Waals surface area (Å²) < 4.78 is 36.8. The second-order valence-electron chi connectivity index (χ2n) is 3.87. The Balaban J connectivity index is 2.84. The fourth-order valence-electron chi connectivity index (χ4n) is 1.36. The van der Waals surface area contributed by atoms with Crippen LogP contribution < -0.4 is 9.83 Å². The third-order valence-corrected chi connectivity index (χ3v) is 4.63. The van der Waals surface area contributed by atoms with Crippen molar-refractivity contribution in [2.45, 2.75) is 17.4 Å². The molecule has 0 radical (unpaired) electrons.